The van der Waals surface area contributed by atoms with E-state index >= 15 is 0 Å². The van der Waals surface area contributed by atoms with Crippen molar-refractivity contribution in [3.05, 3.63) is 236 Å². The molecule has 0 saturated heterocycles. The molecule has 0 N–H and O–H groups in total. The molecule has 9 aromatic carbocycles. The highest BCUT2D eigenvalue weighted by Crippen LogP contribution is 2.54. The fourth-order valence-corrected chi connectivity index (χ4v) is 11.5. The van der Waals surface area contributed by atoms with E-state index in [0.29, 0.717) is 22.7 Å². The summed E-state index contributed by atoms with van der Waals surface area (Å²) in [6, 6.07) is 47.4. The van der Waals surface area contributed by atoms with Gasteiger partial charge in [0.05, 0.1) is 22.3 Å². The predicted molar refractivity (Wildman–Crippen MR) is 384 cm³/mol. The van der Waals surface area contributed by atoms with Gasteiger partial charge in [-0.2, -0.15) is 0 Å². The van der Waals surface area contributed by atoms with Crippen molar-refractivity contribution in [1.82, 2.24) is 0 Å². The Balaban J connectivity index is 1.58. The molecule has 0 aliphatic heterocycles. The Morgan fingerprint density at radius 1 is 0.267 bits per heavy atom. The van der Waals surface area contributed by atoms with Crippen molar-refractivity contribution in [3.63, 3.8) is 0 Å². The van der Waals surface area contributed by atoms with Crippen LogP contribution in [0.2, 0.25) is 0 Å². The maximum absolute atomic E-state index is 10.3. The normalized spacial score (nSPS) is 14.1. The maximum atomic E-state index is 10.3. The van der Waals surface area contributed by atoms with Crippen molar-refractivity contribution >= 4 is 66.0 Å². The standard InChI is InChI=1S/C82H94Br2N2/c1-76(2,3)57-36-28-53(29-37-57)70-46-62(81(16,17)18)47-71(54-30-38-58(39-31-54)77(4,5)6)74(70)85(66-26-22-24-64(83)50-66)68-44-61(80(13,14)15)45-69(52-68)86(67-27-23-25-65(84)51-67)75-72(55-32-40-59(41-33-55)78(7,8)9)48-63(82(19,20)21)49-73(75)56-34-42-60(43-35-56)79(10,11)12/h22-52H,1-21H3/i22D,23D,24D,25D,26D,27D,50D,51D. The van der Waals surface area contributed by atoms with Crippen molar-refractivity contribution in [2.24, 2.45) is 0 Å². The van der Waals surface area contributed by atoms with Crippen LogP contribution >= 0.6 is 31.9 Å². The third-order valence-corrected chi connectivity index (χ3v) is 17.3. The van der Waals surface area contributed by atoms with E-state index in [9.17, 15) is 11.0 Å². The molecule has 446 valence electrons. The molecule has 2 nitrogen and oxygen atoms in total. The zero-order valence-electron chi connectivity index (χ0n) is 62.9. The fourth-order valence-electron chi connectivity index (χ4n) is 11.0. The van der Waals surface area contributed by atoms with Crippen LogP contribution in [0.15, 0.2) is 197 Å². The van der Waals surface area contributed by atoms with Gasteiger partial charge in [-0.1, -0.05) is 286 Å². The molecule has 0 heterocycles. The van der Waals surface area contributed by atoms with Crippen LogP contribution in [-0.2, 0) is 37.9 Å². The van der Waals surface area contributed by atoms with Gasteiger partial charge in [0, 0.05) is 53.9 Å². The van der Waals surface area contributed by atoms with E-state index in [0.717, 1.165) is 83.5 Å². The summed E-state index contributed by atoms with van der Waals surface area (Å²) in [6.07, 6.45) is 0. The molecule has 0 fully saturated rings. The molecule has 9 rings (SSSR count). The number of hydrogen-bond acceptors (Lipinski definition) is 2. The lowest BCUT2D eigenvalue weighted by molar-refractivity contribution is 0.589. The molecule has 0 saturated carbocycles. The summed E-state index contributed by atoms with van der Waals surface area (Å²) < 4.78 is 78.8. The van der Waals surface area contributed by atoms with Crippen LogP contribution in [0, 0.1) is 0 Å². The third kappa shape index (κ3) is 14.1. The average Bonchev–Trinajstić information content (AvgIpc) is 0.729. The first-order valence-electron chi connectivity index (χ1n) is 34.3. The van der Waals surface area contributed by atoms with Gasteiger partial charge in [-0.05, 0) is 178 Å². The average molecular weight is 1280 g/mol. The van der Waals surface area contributed by atoms with Crippen LogP contribution in [0.1, 0.15) is 195 Å². The summed E-state index contributed by atoms with van der Waals surface area (Å²) in [6.45, 7) is 46.0. The molecule has 0 spiro atoms. The molecule has 0 atom stereocenters. The summed E-state index contributed by atoms with van der Waals surface area (Å²) in [5, 5.41) is 0. The molecule has 0 amide bonds. The molecule has 0 aromatic heterocycles. The van der Waals surface area contributed by atoms with Crippen molar-refractivity contribution in [2.45, 2.75) is 183 Å². The summed E-state index contributed by atoms with van der Waals surface area (Å²) in [4.78, 5) is 3.92. The Labute approximate surface area is 547 Å². The quantitative estimate of drug-likeness (QED) is 0.135. The summed E-state index contributed by atoms with van der Waals surface area (Å²) in [7, 11) is 0. The van der Waals surface area contributed by atoms with Crippen molar-refractivity contribution in [2.75, 3.05) is 9.80 Å². The molecule has 9 aromatic rings. The molecular weight excluding hydrogens is 1170 g/mol. The second-order valence-corrected chi connectivity index (χ2v) is 32.2. The van der Waals surface area contributed by atoms with E-state index in [4.69, 9.17) is 0 Å². The fraction of sp³-hybridized carbons (Fsp3) is 0.341. The SMILES string of the molecule is [2H]c1c([2H])c(Br)c([2H])c(N(c2cc(N(c3c(-c4ccc(C(C)(C)C)cc4)cc(C(C)(C)C)cc3-c3ccc(C(C)(C)C)cc3)c3c([2H])c([2H])c([2H])c(Br)c3[2H])cc(C(C)(C)C)c2)c2c(-c3ccc(C(C)(C)C)cc3)cc(C(C)(C)C)cc2-c2ccc(C(C)(C)C)cc2)c1[2H]. The summed E-state index contributed by atoms with van der Waals surface area (Å²) in [5.74, 6) is 0. The molecule has 0 bridgehead atoms. The van der Waals surface area contributed by atoms with E-state index < -0.39 is 5.41 Å². The lowest BCUT2D eigenvalue weighted by Crippen LogP contribution is -2.20. The van der Waals surface area contributed by atoms with Crippen LogP contribution < -0.4 is 9.80 Å². The zero-order chi connectivity index (χ0) is 69.8. The van der Waals surface area contributed by atoms with Crippen LogP contribution in [0.3, 0.4) is 0 Å². The van der Waals surface area contributed by atoms with Gasteiger partial charge in [0.15, 0.2) is 0 Å². The number of halogens is 2. The molecule has 0 unspecified atom stereocenters. The van der Waals surface area contributed by atoms with Crippen molar-refractivity contribution < 1.29 is 11.0 Å². The van der Waals surface area contributed by atoms with Gasteiger partial charge in [0.2, 0.25) is 0 Å². The molecule has 0 aliphatic rings. The number of rotatable bonds is 10. The highest BCUT2D eigenvalue weighted by atomic mass is 79.9. The number of anilines is 6. The maximum Gasteiger partial charge on any atom is 0.0657 e. The Hall–Kier alpha value is -6.46. The van der Waals surface area contributed by atoms with Crippen molar-refractivity contribution in [3.8, 4) is 44.5 Å². The molecule has 0 aliphatic carbocycles. The number of benzene rings is 9. The first-order chi connectivity index (χ1) is 43.2. The van der Waals surface area contributed by atoms with Crippen molar-refractivity contribution in [1.29, 1.82) is 0 Å². The third-order valence-electron chi connectivity index (χ3n) is 16.5. The Bertz CT molecular complexity index is 3880. The molecule has 0 radical (unpaired) electrons. The van der Waals surface area contributed by atoms with Gasteiger partial charge in [-0.3, -0.25) is 0 Å². The van der Waals surface area contributed by atoms with Gasteiger partial charge in [-0.15, -0.1) is 0 Å². The summed E-state index contributed by atoms with van der Waals surface area (Å²) >= 11 is 7.29. The lowest BCUT2D eigenvalue weighted by Gasteiger charge is -2.36. The largest absolute Gasteiger partial charge is 0.309 e. The minimum absolute atomic E-state index is 0.0602. The van der Waals surface area contributed by atoms with Gasteiger partial charge in [-0.25, -0.2) is 0 Å². The van der Waals surface area contributed by atoms with Crippen LogP contribution in [0.25, 0.3) is 44.5 Å². The van der Waals surface area contributed by atoms with E-state index in [2.05, 4.69) is 311 Å². The Kier molecular flexibility index (Phi) is 14.7. The van der Waals surface area contributed by atoms with Gasteiger partial charge < -0.3 is 9.80 Å². The molecule has 86 heavy (non-hydrogen) atoms. The lowest BCUT2D eigenvalue weighted by atomic mass is 9.80. The van der Waals surface area contributed by atoms with E-state index in [-0.39, 0.29) is 101 Å². The second kappa shape index (κ2) is 23.6. The Morgan fingerprint density at radius 3 is 0.709 bits per heavy atom. The van der Waals surface area contributed by atoms with E-state index in [1.807, 2.05) is 15.9 Å². The highest BCUT2D eigenvalue weighted by Gasteiger charge is 2.32. The topological polar surface area (TPSA) is 6.48 Å². The van der Waals surface area contributed by atoms with Gasteiger partial charge >= 0.3 is 0 Å². The van der Waals surface area contributed by atoms with E-state index in [1.165, 1.54) is 0 Å². The van der Waals surface area contributed by atoms with Crippen LogP contribution in [-0.4, -0.2) is 0 Å². The zero-order valence-corrected chi connectivity index (χ0v) is 58.1. The number of nitrogens with zero attached hydrogens (tertiary/aromatic N) is 2. The summed E-state index contributed by atoms with van der Waals surface area (Å²) in [5.41, 5.74) is 14.5. The Morgan fingerprint density at radius 2 is 0.488 bits per heavy atom. The smallest absolute Gasteiger partial charge is 0.0657 e. The first kappa shape index (κ1) is 53.8. The van der Waals surface area contributed by atoms with E-state index in [1.54, 1.807) is 0 Å². The first-order valence-corrected chi connectivity index (χ1v) is 31.9. The molecular formula is C82H94Br2N2. The number of hydrogen-bond donors (Lipinski definition) is 0. The van der Waals surface area contributed by atoms with Crippen LogP contribution in [0.4, 0.5) is 34.1 Å². The van der Waals surface area contributed by atoms with Crippen LogP contribution in [0.5, 0.6) is 0 Å². The monoisotopic (exact) mass is 1270 g/mol. The molecule has 4 heteroatoms. The second-order valence-electron chi connectivity index (χ2n) is 30.6. The van der Waals surface area contributed by atoms with Gasteiger partial charge in [0.1, 0.15) is 0 Å². The minimum Gasteiger partial charge on any atom is -0.309 e. The predicted octanol–water partition coefficient (Wildman–Crippen LogP) is 25.9. The highest BCUT2D eigenvalue weighted by molar-refractivity contribution is 9.10. The van der Waals surface area contributed by atoms with Gasteiger partial charge in [0.25, 0.3) is 0 Å². The minimum atomic E-state index is -0.637.